The standard InChI is InChI=1S/C13H20N4O/c1-9-10(8-14-16-9)13(18)15-11-5-7-17-6-3-2-4-12(11)17/h8,11-12H,2-7H2,1H3,(H,14,16)(H,15,18). The van der Waals surface area contributed by atoms with Gasteiger partial charge in [0.25, 0.3) is 5.91 Å². The number of carbonyl (C=O) groups excluding carboxylic acids is 1. The van der Waals surface area contributed by atoms with Gasteiger partial charge < -0.3 is 5.32 Å². The molecule has 2 unspecified atom stereocenters. The summed E-state index contributed by atoms with van der Waals surface area (Å²) in [5, 5.41) is 9.89. The number of hydrogen-bond donors (Lipinski definition) is 2. The molecule has 5 heteroatoms. The maximum absolute atomic E-state index is 12.2. The van der Waals surface area contributed by atoms with Gasteiger partial charge in [-0.15, -0.1) is 0 Å². The Balaban J connectivity index is 1.66. The number of nitrogens with one attached hydrogen (secondary N) is 2. The van der Waals surface area contributed by atoms with E-state index in [1.54, 1.807) is 6.20 Å². The van der Waals surface area contributed by atoms with Crippen LogP contribution in [-0.4, -0.2) is 46.2 Å². The average Bonchev–Trinajstić information content (AvgIpc) is 2.97. The number of carbonyl (C=O) groups is 1. The highest BCUT2D eigenvalue weighted by molar-refractivity contribution is 5.95. The Morgan fingerprint density at radius 1 is 1.44 bits per heavy atom. The SMILES string of the molecule is Cc1[nH]ncc1C(=O)NC1CCN2CCCCC12. The molecule has 5 nitrogen and oxygen atoms in total. The molecule has 2 atom stereocenters. The molecular weight excluding hydrogens is 228 g/mol. The lowest BCUT2D eigenvalue weighted by molar-refractivity contribution is 0.0915. The quantitative estimate of drug-likeness (QED) is 0.823. The monoisotopic (exact) mass is 248 g/mol. The van der Waals surface area contributed by atoms with Gasteiger partial charge in [0.2, 0.25) is 0 Å². The van der Waals surface area contributed by atoms with Crippen molar-refractivity contribution in [1.29, 1.82) is 0 Å². The van der Waals surface area contributed by atoms with Crippen LogP contribution in [0.4, 0.5) is 0 Å². The van der Waals surface area contributed by atoms with Crippen LogP contribution in [0.1, 0.15) is 41.7 Å². The summed E-state index contributed by atoms with van der Waals surface area (Å²) in [5.74, 6) is 0.0127. The molecule has 3 heterocycles. The summed E-state index contributed by atoms with van der Waals surface area (Å²) in [6.45, 7) is 4.20. The molecule has 2 fully saturated rings. The first-order chi connectivity index (χ1) is 8.75. The van der Waals surface area contributed by atoms with E-state index in [1.165, 1.54) is 25.8 Å². The van der Waals surface area contributed by atoms with Crippen molar-refractivity contribution in [3.05, 3.63) is 17.5 Å². The van der Waals surface area contributed by atoms with Gasteiger partial charge in [0.1, 0.15) is 0 Å². The van der Waals surface area contributed by atoms with E-state index >= 15 is 0 Å². The maximum atomic E-state index is 12.2. The van der Waals surface area contributed by atoms with E-state index in [2.05, 4.69) is 20.4 Å². The number of nitrogens with zero attached hydrogens (tertiary/aromatic N) is 2. The third-order valence-corrected chi connectivity index (χ3v) is 4.25. The van der Waals surface area contributed by atoms with E-state index in [9.17, 15) is 4.79 Å². The largest absolute Gasteiger partial charge is 0.348 e. The summed E-state index contributed by atoms with van der Waals surface area (Å²) in [5.41, 5.74) is 1.51. The molecule has 2 aliphatic heterocycles. The molecule has 1 amide bonds. The molecule has 0 radical (unpaired) electrons. The molecule has 2 N–H and O–H groups in total. The Hall–Kier alpha value is -1.36. The minimum absolute atomic E-state index is 0.0127. The second-order valence-corrected chi connectivity index (χ2v) is 5.38. The lowest BCUT2D eigenvalue weighted by Crippen LogP contribution is -2.46. The van der Waals surface area contributed by atoms with Gasteiger partial charge in [-0.05, 0) is 32.7 Å². The number of hydrogen-bond acceptors (Lipinski definition) is 3. The van der Waals surface area contributed by atoms with Crippen molar-refractivity contribution >= 4 is 5.91 Å². The first-order valence-corrected chi connectivity index (χ1v) is 6.80. The molecule has 3 rings (SSSR count). The van der Waals surface area contributed by atoms with Gasteiger partial charge in [0.05, 0.1) is 11.8 Å². The van der Waals surface area contributed by atoms with Crippen molar-refractivity contribution in [2.24, 2.45) is 0 Å². The van der Waals surface area contributed by atoms with Gasteiger partial charge >= 0.3 is 0 Å². The molecule has 98 valence electrons. The summed E-state index contributed by atoms with van der Waals surface area (Å²) in [7, 11) is 0. The Morgan fingerprint density at radius 3 is 3.11 bits per heavy atom. The van der Waals surface area contributed by atoms with Gasteiger partial charge in [0, 0.05) is 24.3 Å². The number of piperidine rings is 1. The zero-order chi connectivity index (χ0) is 12.5. The van der Waals surface area contributed by atoms with E-state index in [1.807, 2.05) is 6.92 Å². The minimum atomic E-state index is 0.0127. The van der Waals surface area contributed by atoms with Gasteiger partial charge in [-0.25, -0.2) is 0 Å². The maximum Gasteiger partial charge on any atom is 0.255 e. The summed E-state index contributed by atoms with van der Waals surface area (Å²) < 4.78 is 0. The van der Waals surface area contributed by atoms with Crippen LogP contribution in [0.2, 0.25) is 0 Å². The lowest BCUT2D eigenvalue weighted by atomic mass is 9.99. The molecule has 0 aromatic carbocycles. The van der Waals surface area contributed by atoms with Crippen molar-refractivity contribution in [2.45, 2.75) is 44.7 Å². The molecule has 1 aromatic heterocycles. The molecule has 1 aromatic rings. The second-order valence-electron chi connectivity index (χ2n) is 5.38. The number of aromatic amines is 1. The fourth-order valence-electron chi connectivity index (χ4n) is 3.24. The molecule has 2 aliphatic rings. The fourth-order valence-corrected chi connectivity index (χ4v) is 3.24. The molecular formula is C13H20N4O. The summed E-state index contributed by atoms with van der Waals surface area (Å²) in [6.07, 6.45) is 6.50. The highest BCUT2D eigenvalue weighted by Gasteiger charge is 2.36. The van der Waals surface area contributed by atoms with Gasteiger partial charge in [-0.2, -0.15) is 5.10 Å². The van der Waals surface area contributed by atoms with Crippen molar-refractivity contribution < 1.29 is 4.79 Å². The van der Waals surface area contributed by atoms with Crippen molar-refractivity contribution in [2.75, 3.05) is 13.1 Å². The Bertz CT molecular complexity index is 442. The summed E-state index contributed by atoms with van der Waals surface area (Å²) in [6, 6.07) is 0.863. The molecule has 18 heavy (non-hydrogen) atoms. The fraction of sp³-hybridized carbons (Fsp3) is 0.692. The van der Waals surface area contributed by atoms with E-state index in [0.29, 0.717) is 17.6 Å². The zero-order valence-electron chi connectivity index (χ0n) is 10.8. The topological polar surface area (TPSA) is 61.0 Å². The minimum Gasteiger partial charge on any atom is -0.348 e. The van der Waals surface area contributed by atoms with Crippen molar-refractivity contribution in [3.8, 4) is 0 Å². The van der Waals surface area contributed by atoms with Crippen LogP contribution < -0.4 is 5.32 Å². The van der Waals surface area contributed by atoms with Crippen molar-refractivity contribution in [1.82, 2.24) is 20.4 Å². The molecule has 0 aliphatic carbocycles. The predicted molar refractivity (Wildman–Crippen MR) is 68.4 cm³/mol. The summed E-state index contributed by atoms with van der Waals surface area (Å²) >= 11 is 0. The van der Waals surface area contributed by atoms with Crippen LogP contribution in [0, 0.1) is 6.92 Å². The number of amides is 1. The smallest absolute Gasteiger partial charge is 0.255 e. The van der Waals surface area contributed by atoms with Crippen LogP contribution in [0.25, 0.3) is 0 Å². The highest BCUT2D eigenvalue weighted by Crippen LogP contribution is 2.27. The molecule has 0 spiro atoms. The number of aromatic nitrogens is 2. The second kappa shape index (κ2) is 4.72. The third-order valence-electron chi connectivity index (χ3n) is 4.25. The first kappa shape index (κ1) is 11.7. The molecule has 0 saturated carbocycles. The van der Waals surface area contributed by atoms with Crippen LogP contribution in [0.3, 0.4) is 0 Å². The first-order valence-electron chi connectivity index (χ1n) is 6.80. The van der Waals surface area contributed by atoms with Crippen molar-refractivity contribution in [3.63, 3.8) is 0 Å². The number of aryl methyl sites for hydroxylation is 1. The third kappa shape index (κ3) is 2.03. The average molecular weight is 248 g/mol. The van der Waals surface area contributed by atoms with Crippen LogP contribution in [0.15, 0.2) is 6.20 Å². The Morgan fingerprint density at radius 2 is 2.33 bits per heavy atom. The Kier molecular flexibility index (Phi) is 3.07. The van der Waals surface area contributed by atoms with Gasteiger partial charge in [-0.3, -0.25) is 14.8 Å². The van der Waals surface area contributed by atoms with Crippen LogP contribution in [0.5, 0.6) is 0 Å². The molecule has 0 bridgehead atoms. The number of rotatable bonds is 2. The van der Waals surface area contributed by atoms with E-state index < -0.39 is 0 Å². The van der Waals surface area contributed by atoms with Crippen LogP contribution in [-0.2, 0) is 0 Å². The predicted octanol–water partition coefficient (Wildman–Crippen LogP) is 1.07. The van der Waals surface area contributed by atoms with Crippen LogP contribution >= 0.6 is 0 Å². The van der Waals surface area contributed by atoms with E-state index in [4.69, 9.17) is 0 Å². The van der Waals surface area contributed by atoms with Gasteiger partial charge in [-0.1, -0.05) is 6.42 Å². The van der Waals surface area contributed by atoms with Gasteiger partial charge in [0.15, 0.2) is 0 Å². The highest BCUT2D eigenvalue weighted by atomic mass is 16.1. The zero-order valence-corrected chi connectivity index (χ0v) is 10.8. The normalized spacial score (nSPS) is 28.1. The summed E-state index contributed by atoms with van der Waals surface area (Å²) in [4.78, 5) is 14.7. The Labute approximate surface area is 107 Å². The number of H-pyrrole nitrogens is 1. The van der Waals surface area contributed by atoms with E-state index in [-0.39, 0.29) is 5.91 Å². The molecule has 2 saturated heterocycles. The van der Waals surface area contributed by atoms with E-state index in [0.717, 1.165) is 18.7 Å². The lowest BCUT2D eigenvalue weighted by Gasteiger charge is -2.32. The number of fused-ring (bicyclic) bond motifs is 1.